The first-order valence-electron chi connectivity index (χ1n) is 5.71. The maximum atomic E-state index is 13.3. The van der Waals surface area contributed by atoms with E-state index in [2.05, 4.69) is 32.6 Å². The predicted molar refractivity (Wildman–Crippen MR) is 80.3 cm³/mol. The molecule has 0 radical (unpaired) electrons. The second-order valence-electron chi connectivity index (χ2n) is 4.48. The Balaban J connectivity index is 2.62. The molecule has 19 heavy (non-hydrogen) atoms. The van der Waals surface area contributed by atoms with Gasteiger partial charge in [0, 0.05) is 11.6 Å². The minimum absolute atomic E-state index is 0.165. The molecule has 100 valence electrons. The van der Waals surface area contributed by atoms with Crippen LogP contribution in [0.1, 0.15) is 25.5 Å². The summed E-state index contributed by atoms with van der Waals surface area (Å²) >= 11 is 2.10. The van der Waals surface area contributed by atoms with Crippen molar-refractivity contribution in [3.8, 4) is 17.1 Å². The molecule has 1 heterocycles. The molecule has 0 bridgehead atoms. The third kappa shape index (κ3) is 2.94. The number of phenolic OH excluding ortho intramolecular Hbond substituents is 1. The molecule has 4 nitrogen and oxygen atoms in total. The van der Waals surface area contributed by atoms with Crippen molar-refractivity contribution in [1.29, 1.82) is 0 Å². The summed E-state index contributed by atoms with van der Waals surface area (Å²) in [6.45, 7) is 3.99. The number of rotatable bonds is 2. The third-order valence-corrected chi connectivity index (χ3v) is 3.70. The standard InChI is InChI=1S/C13H13FIN3O/c1-6(2)11-10(15)12(16)18-13(17-11)7-3-8(14)5-9(19)4-7/h3-6,19H,1-2H3,(H2,16,17,18). The van der Waals surface area contributed by atoms with E-state index in [4.69, 9.17) is 5.73 Å². The highest BCUT2D eigenvalue weighted by atomic mass is 127. The van der Waals surface area contributed by atoms with Crippen LogP contribution < -0.4 is 5.73 Å². The first-order chi connectivity index (χ1) is 8.88. The summed E-state index contributed by atoms with van der Waals surface area (Å²) < 4.78 is 14.1. The zero-order valence-corrected chi connectivity index (χ0v) is 12.6. The summed E-state index contributed by atoms with van der Waals surface area (Å²) in [6, 6.07) is 3.71. The molecule has 0 atom stereocenters. The van der Waals surface area contributed by atoms with E-state index in [9.17, 15) is 9.50 Å². The van der Waals surface area contributed by atoms with E-state index in [1.165, 1.54) is 12.1 Å². The minimum Gasteiger partial charge on any atom is -0.508 e. The largest absolute Gasteiger partial charge is 0.508 e. The number of aromatic hydroxyl groups is 1. The number of nitrogens with zero attached hydrogens (tertiary/aromatic N) is 2. The van der Waals surface area contributed by atoms with Crippen molar-refractivity contribution >= 4 is 28.4 Å². The minimum atomic E-state index is -0.540. The van der Waals surface area contributed by atoms with Crippen LogP contribution >= 0.6 is 22.6 Å². The van der Waals surface area contributed by atoms with Crippen molar-refractivity contribution in [2.45, 2.75) is 19.8 Å². The molecular formula is C13H13FIN3O. The number of hydrogen-bond donors (Lipinski definition) is 2. The Kier molecular flexibility index (Phi) is 3.88. The van der Waals surface area contributed by atoms with Crippen LogP contribution in [0, 0.1) is 9.39 Å². The van der Waals surface area contributed by atoms with Gasteiger partial charge in [-0.2, -0.15) is 0 Å². The number of halogens is 2. The number of phenols is 1. The Morgan fingerprint density at radius 1 is 1.26 bits per heavy atom. The molecule has 0 aliphatic carbocycles. The number of benzene rings is 1. The van der Waals surface area contributed by atoms with E-state index in [-0.39, 0.29) is 11.7 Å². The van der Waals surface area contributed by atoms with Crippen molar-refractivity contribution < 1.29 is 9.50 Å². The van der Waals surface area contributed by atoms with Gasteiger partial charge >= 0.3 is 0 Å². The van der Waals surface area contributed by atoms with Gasteiger partial charge in [-0.15, -0.1) is 0 Å². The normalized spacial score (nSPS) is 11.0. The van der Waals surface area contributed by atoms with E-state index >= 15 is 0 Å². The molecule has 2 rings (SSSR count). The Hall–Kier alpha value is -1.44. The van der Waals surface area contributed by atoms with E-state index < -0.39 is 5.82 Å². The topological polar surface area (TPSA) is 72.0 Å². The van der Waals surface area contributed by atoms with Gasteiger partial charge in [0.05, 0.1) is 9.26 Å². The average Bonchev–Trinajstić information content (AvgIpc) is 2.30. The third-order valence-electron chi connectivity index (χ3n) is 2.59. The molecule has 0 aliphatic rings. The predicted octanol–water partition coefficient (Wildman–Crippen LogP) is 3.30. The first kappa shape index (κ1) is 14.0. The summed E-state index contributed by atoms with van der Waals surface area (Å²) in [6.07, 6.45) is 0. The molecule has 0 saturated carbocycles. The van der Waals surface area contributed by atoms with E-state index in [0.717, 1.165) is 15.3 Å². The van der Waals surface area contributed by atoms with Crippen LogP contribution in [0.2, 0.25) is 0 Å². The molecule has 2 aromatic rings. The number of nitrogens with two attached hydrogens (primary N) is 1. The molecule has 6 heteroatoms. The van der Waals surface area contributed by atoms with Gasteiger partial charge in [0.15, 0.2) is 5.82 Å². The SMILES string of the molecule is CC(C)c1nc(-c2cc(O)cc(F)c2)nc(N)c1I. The maximum absolute atomic E-state index is 13.3. The molecule has 1 aromatic carbocycles. The zero-order valence-electron chi connectivity index (χ0n) is 10.5. The second-order valence-corrected chi connectivity index (χ2v) is 5.56. The molecule has 0 fully saturated rings. The Morgan fingerprint density at radius 3 is 2.53 bits per heavy atom. The van der Waals surface area contributed by atoms with Gasteiger partial charge in [-0.05, 0) is 40.6 Å². The van der Waals surface area contributed by atoms with Gasteiger partial charge in [0.25, 0.3) is 0 Å². The Morgan fingerprint density at radius 2 is 1.95 bits per heavy atom. The van der Waals surface area contributed by atoms with Gasteiger partial charge in [-0.3, -0.25) is 0 Å². The van der Waals surface area contributed by atoms with Crippen LogP contribution in [-0.2, 0) is 0 Å². The van der Waals surface area contributed by atoms with Gasteiger partial charge in [-0.25, -0.2) is 14.4 Å². The number of hydrogen-bond acceptors (Lipinski definition) is 4. The zero-order chi connectivity index (χ0) is 14.2. The number of aromatic nitrogens is 2. The molecule has 0 amide bonds. The van der Waals surface area contributed by atoms with Crippen LogP contribution in [-0.4, -0.2) is 15.1 Å². The summed E-state index contributed by atoms with van der Waals surface area (Å²) in [4.78, 5) is 8.56. The van der Waals surface area contributed by atoms with Crippen LogP contribution in [0.25, 0.3) is 11.4 Å². The van der Waals surface area contributed by atoms with Crippen molar-refractivity contribution in [3.05, 3.63) is 33.3 Å². The lowest BCUT2D eigenvalue weighted by Crippen LogP contribution is -2.06. The van der Waals surface area contributed by atoms with E-state index in [0.29, 0.717) is 17.2 Å². The fraction of sp³-hybridized carbons (Fsp3) is 0.231. The Labute approximate surface area is 124 Å². The van der Waals surface area contributed by atoms with Crippen LogP contribution in [0.15, 0.2) is 18.2 Å². The van der Waals surface area contributed by atoms with Crippen molar-refractivity contribution in [2.75, 3.05) is 5.73 Å². The van der Waals surface area contributed by atoms with Crippen LogP contribution in [0.5, 0.6) is 5.75 Å². The van der Waals surface area contributed by atoms with Gasteiger partial charge in [0.2, 0.25) is 0 Å². The van der Waals surface area contributed by atoms with E-state index in [1.807, 2.05) is 13.8 Å². The van der Waals surface area contributed by atoms with Crippen molar-refractivity contribution in [2.24, 2.45) is 0 Å². The summed E-state index contributed by atoms with van der Waals surface area (Å²) in [5, 5.41) is 9.43. The molecule has 0 aliphatic heterocycles. The number of anilines is 1. The lowest BCUT2D eigenvalue weighted by Gasteiger charge is -2.11. The van der Waals surface area contributed by atoms with Crippen LogP contribution in [0.3, 0.4) is 0 Å². The summed E-state index contributed by atoms with van der Waals surface area (Å²) in [5.41, 5.74) is 7.07. The molecule has 0 unspecified atom stereocenters. The van der Waals surface area contributed by atoms with Gasteiger partial charge in [0.1, 0.15) is 17.4 Å². The molecule has 0 spiro atoms. The average molecular weight is 373 g/mol. The van der Waals surface area contributed by atoms with Crippen molar-refractivity contribution in [1.82, 2.24) is 9.97 Å². The van der Waals surface area contributed by atoms with E-state index in [1.54, 1.807) is 0 Å². The quantitative estimate of drug-likeness (QED) is 0.793. The molecular weight excluding hydrogens is 360 g/mol. The Bertz CT molecular complexity index is 611. The molecule has 0 saturated heterocycles. The van der Waals surface area contributed by atoms with Gasteiger partial charge < -0.3 is 10.8 Å². The fourth-order valence-corrected chi connectivity index (χ4v) is 2.56. The lowest BCUT2D eigenvalue weighted by molar-refractivity contribution is 0.469. The first-order valence-corrected chi connectivity index (χ1v) is 6.79. The highest BCUT2D eigenvalue weighted by Crippen LogP contribution is 2.28. The fourth-order valence-electron chi connectivity index (χ4n) is 1.70. The van der Waals surface area contributed by atoms with Crippen LogP contribution in [0.4, 0.5) is 10.2 Å². The lowest BCUT2D eigenvalue weighted by atomic mass is 10.1. The smallest absolute Gasteiger partial charge is 0.162 e. The van der Waals surface area contributed by atoms with Gasteiger partial charge in [-0.1, -0.05) is 13.8 Å². The second kappa shape index (κ2) is 5.28. The summed E-state index contributed by atoms with van der Waals surface area (Å²) in [5.74, 6) is 0.149. The summed E-state index contributed by atoms with van der Waals surface area (Å²) in [7, 11) is 0. The highest BCUT2D eigenvalue weighted by Gasteiger charge is 2.15. The monoisotopic (exact) mass is 373 g/mol. The number of nitrogen functional groups attached to an aromatic ring is 1. The molecule has 1 aromatic heterocycles. The molecule has 3 N–H and O–H groups in total. The maximum Gasteiger partial charge on any atom is 0.162 e. The highest BCUT2D eigenvalue weighted by molar-refractivity contribution is 14.1. The van der Waals surface area contributed by atoms with Crippen molar-refractivity contribution in [3.63, 3.8) is 0 Å².